The molecule has 0 saturated heterocycles. The molecule has 1 N–H and O–H groups in total. The Morgan fingerprint density at radius 1 is 0.741 bits per heavy atom. The van der Waals surface area contributed by atoms with E-state index in [9.17, 15) is 9.59 Å². The highest BCUT2D eigenvalue weighted by Gasteiger charge is 2.24. The quantitative estimate of drug-likeness (QED) is 0.108. The third-order valence-corrected chi connectivity index (χ3v) is 10.4. The lowest BCUT2D eigenvalue weighted by molar-refractivity contribution is -0.141. The first-order chi connectivity index (χ1) is 25.5. The first kappa shape index (κ1) is 44.5. The number of phenols is 1. The minimum atomic E-state index is -0.291. The largest absolute Gasteiger partial charge is 0.508 e. The lowest BCUT2D eigenvalue weighted by Gasteiger charge is -2.16. The van der Waals surface area contributed by atoms with Crippen molar-refractivity contribution < 1.29 is 28.9 Å². The maximum Gasteiger partial charge on any atom is 0.307 e. The molecule has 0 saturated carbocycles. The number of benzene rings is 4. The van der Waals surface area contributed by atoms with E-state index in [1.165, 1.54) is 36.5 Å². The number of fused-ring (bicyclic) bond motifs is 2. The van der Waals surface area contributed by atoms with Gasteiger partial charge in [-0.05, 0) is 121 Å². The van der Waals surface area contributed by atoms with Crippen molar-refractivity contribution in [2.24, 2.45) is 0 Å². The van der Waals surface area contributed by atoms with Crippen LogP contribution >= 0.6 is 57.0 Å². The summed E-state index contributed by atoms with van der Waals surface area (Å²) in [5.41, 5.74) is 7.22. The summed E-state index contributed by atoms with van der Waals surface area (Å²) in [6.45, 7) is 3.50. The van der Waals surface area contributed by atoms with Crippen LogP contribution in [0.25, 0.3) is 0 Å². The van der Waals surface area contributed by atoms with Gasteiger partial charge in [-0.2, -0.15) is 13.5 Å². The number of alkyl halides is 1. The van der Waals surface area contributed by atoms with E-state index < -0.39 is 0 Å². The van der Waals surface area contributed by atoms with Gasteiger partial charge in [0.05, 0.1) is 44.3 Å². The number of methoxy groups -OCH3 is 2. The number of hydrogen-bond donors (Lipinski definition) is 1. The van der Waals surface area contributed by atoms with E-state index in [1.54, 1.807) is 38.1 Å². The number of esters is 2. The van der Waals surface area contributed by atoms with Crippen molar-refractivity contribution in [3.63, 3.8) is 0 Å². The van der Waals surface area contributed by atoms with Gasteiger partial charge in [0.25, 0.3) is 0 Å². The van der Waals surface area contributed by atoms with Crippen molar-refractivity contribution in [3.05, 3.63) is 127 Å². The summed E-state index contributed by atoms with van der Waals surface area (Å²) in [6, 6.07) is 27.2. The van der Waals surface area contributed by atoms with E-state index in [2.05, 4.69) is 96.7 Å². The Labute approximate surface area is 348 Å². The molecule has 4 atom stereocenters. The number of hydrogen-bond acceptors (Lipinski definition) is 6. The number of ether oxygens (including phenoxy) is 3. The smallest absolute Gasteiger partial charge is 0.307 e. The Bertz CT molecular complexity index is 1980. The van der Waals surface area contributed by atoms with Gasteiger partial charge < -0.3 is 19.3 Å². The van der Waals surface area contributed by atoms with Crippen molar-refractivity contribution in [1.82, 2.24) is 0 Å². The Morgan fingerprint density at radius 3 is 1.70 bits per heavy atom. The van der Waals surface area contributed by atoms with Gasteiger partial charge in [-0.25, -0.2) is 0 Å². The number of rotatable bonds is 8. The van der Waals surface area contributed by atoms with Crippen LogP contribution in [0.4, 0.5) is 0 Å². The van der Waals surface area contributed by atoms with Gasteiger partial charge in [0.15, 0.2) is 0 Å². The molecule has 0 aromatic heterocycles. The predicted octanol–water partition coefficient (Wildman–Crippen LogP) is 11.0. The maximum atomic E-state index is 11.6. The molecule has 284 valence electrons. The van der Waals surface area contributed by atoms with Crippen molar-refractivity contribution in [2.45, 2.75) is 75.7 Å². The zero-order valence-electron chi connectivity index (χ0n) is 30.8. The van der Waals surface area contributed by atoms with Crippen molar-refractivity contribution in [3.8, 4) is 35.2 Å². The minimum absolute atomic E-state index is 0. The molecule has 2 aliphatic rings. The molecular formula is C44H45Br2ClO6S. The lowest BCUT2D eigenvalue weighted by Crippen LogP contribution is -2.08. The molecule has 54 heavy (non-hydrogen) atoms. The average molecular weight is 897 g/mol. The summed E-state index contributed by atoms with van der Waals surface area (Å²) in [4.78, 5) is 22.8. The molecule has 0 bridgehead atoms. The molecule has 2 aliphatic carbocycles. The number of aromatic hydroxyl groups is 1. The second-order valence-corrected chi connectivity index (χ2v) is 14.8. The second-order valence-electron chi connectivity index (χ2n) is 12.5. The fourth-order valence-corrected chi connectivity index (χ4v) is 7.35. The molecule has 0 spiro atoms. The summed E-state index contributed by atoms with van der Waals surface area (Å²) in [6.07, 6.45) is 4.80. The summed E-state index contributed by atoms with van der Waals surface area (Å²) in [5, 5.41) is 9.42. The molecular weight excluding hydrogens is 852 g/mol. The topological polar surface area (TPSA) is 82.1 Å². The van der Waals surface area contributed by atoms with E-state index in [-0.39, 0.29) is 67.3 Å². The molecule has 0 heterocycles. The number of aryl methyl sites for hydroxylation is 2. The molecule has 10 heteroatoms. The van der Waals surface area contributed by atoms with E-state index in [1.807, 2.05) is 24.3 Å². The summed E-state index contributed by atoms with van der Waals surface area (Å²) in [7, 11) is 2.75. The van der Waals surface area contributed by atoms with Crippen LogP contribution in [0.5, 0.6) is 11.5 Å². The van der Waals surface area contributed by atoms with E-state index in [0.29, 0.717) is 0 Å². The highest BCUT2D eigenvalue weighted by atomic mass is 79.9. The van der Waals surface area contributed by atoms with Gasteiger partial charge in [0, 0.05) is 8.95 Å². The van der Waals surface area contributed by atoms with Crippen LogP contribution in [0.2, 0.25) is 0 Å². The van der Waals surface area contributed by atoms with Gasteiger partial charge in [-0.1, -0.05) is 80.1 Å². The zero-order valence-corrected chi connectivity index (χ0v) is 35.7. The highest BCUT2D eigenvalue weighted by molar-refractivity contribution is 9.10. The Morgan fingerprint density at radius 2 is 1.20 bits per heavy atom. The lowest BCUT2D eigenvalue weighted by atomic mass is 9.96. The summed E-state index contributed by atoms with van der Waals surface area (Å²) >= 11 is 13.0. The zero-order chi connectivity index (χ0) is 38.3. The van der Waals surface area contributed by atoms with Gasteiger partial charge >= 0.3 is 11.9 Å². The van der Waals surface area contributed by atoms with Crippen LogP contribution in [0.3, 0.4) is 0 Å². The number of phenolic OH excluding ortho intramolecular Hbond substituents is 1. The highest BCUT2D eigenvalue weighted by Crippen LogP contribution is 2.38. The molecule has 6 nitrogen and oxygen atoms in total. The number of carbonyl (C=O) groups excluding carboxylic acids is 2. The van der Waals surface area contributed by atoms with Crippen LogP contribution in [-0.4, -0.2) is 31.3 Å². The first-order valence-electron chi connectivity index (χ1n) is 17.3. The molecule has 4 aromatic rings. The van der Waals surface area contributed by atoms with Gasteiger partial charge in [0.1, 0.15) is 17.6 Å². The molecule has 2 unspecified atom stereocenters. The molecule has 0 aliphatic heterocycles. The van der Waals surface area contributed by atoms with Gasteiger partial charge in [-0.15, -0.1) is 23.4 Å². The van der Waals surface area contributed by atoms with E-state index in [4.69, 9.17) is 26.2 Å². The van der Waals surface area contributed by atoms with Crippen LogP contribution < -0.4 is 4.74 Å². The third kappa shape index (κ3) is 13.2. The van der Waals surface area contributed by atoms with Crippen molar-refractivity contribution in [1.29, 1.82) is 0 Å². The Hall–Kier alpha value is -3.86. The normalized spacial score (nSPS) is 15.5. The first-order valence-corrected chi connectivity index (χ1v) is 19.3. The Kier molecular flexibility index (Phi) is 18.6. The van der Waals surface area contributed by atoms with E-state index in [0.717, 1.165) is 51.5 Å². The van der Waals surface area contributed by atoms with Crippen LogP contribution in [0, 0.1) is 23.7 Å². The summed E-state index contributed by atoms with van der Waals surface area (Å²) in [5.74, 6) is 11.8. The molecule has 0 amide bonds. The standard InChI is InChI=1S/C22H21BrO3.C13H14O3.C9H8BrCl.H2S/c1-3-4-16(14-22(24)25-2)15-5-9-19(10-6-15)26-21-12-7-17-13-18(23)8-11-20(17)21;1-3-4-11(9-13(15)16-2)10-5-7-12(14)8-6-10;10-7-2-3-8-6(5-7)1-4-9(8)11;/h5-6,8-11,13,16,21H,7,12,14H2,1-2H3;5-8,11,14H,9H2,1-2H3;2-3,5,9H,1,4H2;1H2/t16-,21?;11-;;/m00../s1. The molecule has 0 radical (unpaired) electrons. The third-order valence-electron chi connectivity index (χ3n) is 8.93. The predicted molar refractivity (Wildman–Crippen MR) is 227 cm³/mol. The molecule has 6 rings (SSSR count). The monoisotopic (exact) mass is 894 g/mol. The van der Waals surface area contributed by atoms with Crippen LogP contribution in [0.15, 0.2) is 93.9 Å². The average Bonchev–Trinajstić information content (AvgIpc) is 3.73. The number of halogens is 3. The fraction of sp³-hybridized carbons (Fsp3) is 0.318. The summed E-state index contributed by atoms with van der Waals surface area (Å²) < 4.78 is 17.8. The fourth-order valence-electron chi connectivity index (χ4n) is 6.21. The van der Waals surface area contributed by atoms with E-state index >= 15 is 0 Å². The van der Waals surface area contributed by atoms with Gasteiger partial charge in [0.2, 0.25) is 0 Å². The van der Waals surface area contributed by atoms with Crippen molar-refractivity contribution >= 4 is 68.9 Å². The minimum Gasteiger partial charge on any atom is -0.508 e. The molecule has 4 aromatic carbocycles. The van der Waals surface area contributed by atoms with Gasteiger partial charge in [-0.3, -0.25) is 9.59 Å². The van der Waals surface area contributed by atoms with Crippen LogP contribution in [-0.2, 0) is 31.9 Å². The van der Waals surface area contributed by atoms with Crippen LogP contribution in [0.1, 0.15) is 96.2 Å². The Balaban J connectivity index is 0.000000238. The second kappa shape index (κ2) is 22.5. The maximum absolute atomic E-state index is 11.6. The van der Waals surface area contributed by atoms with Crippen molar-refractivity contribution in [2.75, 3.05) is 14.2 Å². The number of carbonyl (C=O) groups is 2. The molecule has 0 fully saturated rings. The SMILES string of the molecule is CC#C[C@@H](CC(=O)OC)c1ccc(O)cc1.CC#C[C@@H](CC(=O)OC)c1ccc(OC2CCc3cc(Br)ccc32)cc1.ClC1CCc2cc(Br)ccc21.S.